The first-order valence-corrected chi connectivity index (χ1v) is 8.97. The number of carbonyl (C=O) groups excluding carboxylic acids is 1. The van der Waals surface area contributed by atoms with Crippen LogP contribution in [-0.2, 0) is 0 Å². The summed E-state index contributed by atoms with van der Waals surface area (Å²) < 4.78 is 10.4. The number of aromatic amines is 1. The van der Waals surface area contributed by atoms with E-state index in [1.807, 2.05) is 5.43 Å². The number of aliphatic hydroxyl groups excluding tert-OH is 1. The molecule has 13 heteroatoms. The van der Waals surface area contributed by atoms with Crippen molar-refractivity contribution in [2.24, 2.45) is 10.8 Å². The Balaban J connectivity index is 2.14. The molecule has 13 nitrogen and oxygen atoms in total. The number of carbonyl (C=O) groups is 1. The van der Waals surface area contributed by atoms with E-state index in [9.17, 15) is 24.8 Å². The van der Waals surface area contributed by atoms with E-state index in [0.29, 0.717) is 11.5 Å². The molecule has 2 amide bonds. The Kier molecular flexibility index (Phi) is 6.30. The molecule has 0 saturated carbocycles. The van der Waals surface area contributed by atoms with Gasteiger partial charge in [0.05, 0.1) is 30.2 Å². The van der Waals surface area contributed by atoms with E-state index in [-0.39, 0.29) is 33.7 Å². The second kappa shape index (κ2) is 9.09. The van der Waals surface area contributed by atoms with E-state index in [1.165, 1.54) is 44.6 Å². The van der Waals surface area contributed by atoms with Crippen LogP contribution in [-0.4, -0.2) is 46.0 Å². The molecule has 0 unspecified atom stereocenters. The molecule has 32 heavy (non-hydrogen) atoms. The van der Waals surface area contributed by atoms with Crippen molar-refractivity contribution in [2.45, 2.75) is 6.10 Å². The molecule has 5 N–H and O–H groups in total. The van der Waals surface area contributed by atoms with Gasteiger partial charge in [-0.1, -0.05) is 6.07 Å². The van der Waals surface area contributed by atoms with Gasteiger partial charge in [-0.3, -0.25) is 14.9 Å². The zero-order chi connectivity index (χ0) is 23.4. The van der Waals surface area contributed by atoms with Gasteiger partial charge in [0, 0.05) is 12.1 Å². The Morgan fingerprint density at radius 3 is 2.59 bits per heavy atom. The van der Waals surface area contributed by atoms with E-state index in [1.54, 1.807) is 0 Å². The van der Waals surface area contributed by atoms with Crippen LogP contribution in [0, 0.1) is 10.1 Å². The molecule has 0 bridgehead atoms. The average molecular weight is 442 g/mol. The van der Waals surface area contributed by atoms with Crippen molar-refractivity contribution in [2.75, 3.05) is 14.2 Å². The van der Waals surface area contributed by atoms with Gasteiger partial charge >= 0.3 is 6.03 Å². The summed E-state index contributed by atoms with van der Waals surface area (Å²) in [7, 11) is 2.85. The third-order valence-electron chi connectivity index (χ3n) is 4.40. The quantitative estimate of drug-likeness (QED) is 0.236. The fraction of sp³-hybridized carbons (Fsp3) is 0.158. The van der Waals surface area contributed by atoms with E-state index in [0.717, 1.165) is 6.07 Å². The van der Waals surface area contributed by atoms with Crippen LogP contribution in [0.25, 0.3) is 11.0 Å². The maximum Gasteiger partial charge on any atom is 0.332 e. The molecule has 0 radical (unpaired) electrons. The molecule has 166 valence electrons. The van der Waals surface area contributed by atoms with Crippen molar-refractivity contribution in [1.29, 1.82) is 0 Å². The van der Waals surface area contributed by atoms with Gasteiger partial charge in [0.2, 0.25) is 0 Å². The van der Waals surface area contributed by atoms with E-state index in [4.69, 9.17) is 15.2 Å². The number of methoxy groups -OCH3 is 2. The van der Waals surface area contributed by atoms with Crippen LogP contribution in [0.5, 0.6) is 11.5 Å². The third-order valence-corrected chi connectivity index (χ3v) is 4.40. The summed E-state index contributed by atoms with van der Waals surface area (Å²) in [5.74, 6) is 0.708. The normalized spacial score (nSPS) is 12.3. The number of fused-ring (bicyclic) bond motifs is 1. The molecule has 0 fully saturated rings. The third kappa shape index (κ3) is 4.46. The van der Waals surface area contributed by atoms with E-state index in [2.05, 4.69) is 15.1 Å². The zero-order valence-electron chi connectivity index (χ0n) is 16.9. The summed E-state index contributed by atoms with van der Waals surface area (Å²) in [5, 5.41) is 25.7. The number of hydrogen-bond donors (Lipinski definition) is 4. The van der Waals surface area contributed by atoms with Crippen LogP contribution < -0.4 is 26.2 Å². The summed E-state index contributed by atoms with van der Waals surface area (Å²) in [5.41, 5.74) is 5.89. The SMILES string of the molecule is COc1ccc([C@@H](O)/C(=N/NC(N)=O)c2nc3ccc([N+](=O)[O-])cc3[nH]c2=O)cc1OC. The number of amides is 2. The molecule has 1 aromatic heterocycles. The highest BCUT2D eigenvalue weighted by Crippen LogP contribution is 2.31. The van der Waals surface area contributed by atoms with Gasteiger partial charge in [0.1, 0.15) is 11.8 Å². The van der Waals surface area contributed by atoms with Crippen molar-refractivity contribution in [3.63, 3.8) is 0 Å². The summed E-state index contributed by atoms with van der Waals surface area (Å²) >= 11 is 0. The molecule has 1 heterocycles. The smallest absolute Gasteiger partial charge is 0.332 e. The number of urea groups is 1. The molecule has 0 aliphatic carbocycles. The monoisotopic (exact) mass is 442 g/mol. The molecule has 0 aliphatic heterocycles. The van der Waals surface area contributed by atoms with Gasteiger partial charge in [-0.05, 0) is 23.8 Å². The average Bonchev–Trinajstić information content (AvgIpc) is 2.78. The first-order valence-electron chi connectivity index (χ1n) is 8.97. The fourth-order valence-corrected chi connectivity index (χ4v) is 2.90. The standard InChI is InChI=1S/C19H18N6O7/c1-31-13-6-3-9(7-14(13)32-2)17(26)15(23-24-19(20)28)16-18(27)22-12-8-10(25(29)30)4-5-11(12)21-16/h3-8,17,26H,1-2H3,(H,22,27)(H3,20,24,28)/b23-15+/t17-/m1/s1. The number of non-ortho nitro benzene ring substituents is 1. The Morgan fingerprint density at radius 2 is 1.97 bits per heavy atom. The van der Waals surface area contributed by atoms with Gasteiger partial charge in [0.15, 0.2) is 17.2 Å². The van der Waals surface area contributed by atoms with Crippen molar-refractivity contribution >= 4 is 28.5 Å². The number of nitro benzene ring substituents is 1. The molecule has 3 rings (SSSR count). The number of hydrazone groups is 1. The van der Waals surface area contributed by atoms with E-state index < -0.39 is 22.6 Å². The summed E-state index contributed by atoms with van der Waals surface area (Å²) in [6, 6.07) is 7.15. The minimum absolute atomic E-state index is 0.107. The van der Waals surface area contributed by atoms with Gasteiger partial charge < -0.3 is 25.3 Å². The summed E-state index contributed by atoms with van der Waals surface area (Å²) in [4.78, 5) is 40.9. The highest BCUT2D eigenvalue weighted by Gasteiger charge is 2.24. The molecule has 0 aliphatic rings. The lowest BCUT2D eigenvalue weighted by molar-refractivity contribution is -0.384. The summed E-state index contributed by atoms with van der Waals surface area (Å²) in [6.45, 7) is 0. The van der Waals surface area contributed by atoms with Gasteiger partial charge in [-0.2, -0.15) is 5.10 Å². The molecule has 2 aromatic carbocycles. The van der Waals surface area contributed by atoms with Gasteiger partial charge in [-0.25, -0.2) is 15.2 Å². The van der Waals surface area contributed by atoms with Crippen molar-refractivity contribution < 1.29 is 24.3 Å². The van der Waals surface area contributed by atoms with Crippen molar-refractivity contribution in [3.8, 4) is 11.5 Å². The minimum atomic E-state index is -1.54. The van der Waals surface area contributed by atoms with Crippen LogP contribution in [0.3, 0.4) is 0 Å². The predicted octanol–water partition coefficient (Wildman–Crippen LogP) is 0.954. The zero-order valence-corrected chi connectivity index (χ0v) is 16.9. The largest absolute Gasteiger partial charge is 0.493 e. The number of primary amides is 1. The van der Waals surface area contributed by atoms with Crippen LogP contribution in [0.2, 0.25) is 0 Å². The molecule has 0 spiro atoms. The second-order valence-corrected chi connectivity index (χ2v) is 6.36. The number of H-pyrrole nitrogens is 1. The number of aromatic nitrogens is 2. The lowest BCUT2D eigenvalue weighted by atomic mass is 10.0. The number of nitrogens with zero attached hydrogens (tertiary/aromatic N) is 3. The van der Waals surface area contributed by atoms with Gasteiger partial charge in [-0.15, -0.1) is 0 Å². The molecule has 0 saturated heterocycles. The topological polar surface area (TPSA) is 195 Å². The summed E-state index contributed by atoms with van der Waals surface area (Å²) in [6.07, 6.45) is -1.54. The second-order valence-electron chi connectivity index (χ2n) is 6.36. The number of rotatable bonds is 7. The number of benzene rings is 2. The molecule has 1 atom stereocenters. The highest BCUT2D eigenvalue weighted by molar-refractivity contribution is 6.03. The van der Waals surface area contributed by atoms with Crippen molar-refractivity contribution in [3.05, 3.63) is 68.1 Å². The fourth-order valence-electron chi connectivity index (χ4n) is 2.90. The van der Waals surface area contributed by atoms with Crippen molar-refractivity contribution in [1.82, 2.24) is 15.4 Å². The molecular formula is C19H18N6O7. The number of nitro groups is 1. The van der Waals surface area contributed by atoms with Crippen LogP contribution in [0.15, 0.2) is 46.3 Å². The Hall–Kier alpha value is -4.52. The number of ether oxygens (including phenoxy) is 2. The Labute approximate surface area is 179 Å². The van der Waals surface area contributed by atoms with E-state index >= 15 is 0 Å². The van der Waals surface area contributed by atoms with Crippen LogP contribution in [0.4, 0.5) is 10.5 Å². The number of nitrogens with one attached hydrogen (secondary N) is 2. The van der Waals surface area contributed by atoms with Crippen LogP contribution >= 0.6 is 0 Å². The maximum absolute atomic E-state index is 12.7. The maximum atomic E-state index is 12.7. The Morgan fingerprint density at radius 1 is 1.25 bits per heavy atom. The van der Waals surface area contributed by atoms with Crippen LogP contribution in [0.1, 0.15) is 17.4 Å². The van der Waals surface area contributed by atoms with Gasteiger partial charge in [0.25, 0.3) is 11.2 Å². The lowest BCUT2D eigenvalue weighted by Crippen LogP contribution is -2.31. The predicted molar refractivity (Wildman–Crippen MR) is 113 cm³/mol. The number of aliphatic hydroxyl groups is 1. The molecular weight excluding hydrogens is 424 g/mol. The highest BCUT2D eigenvalue weighted by atomic mass is 16.6. The first-order chi connectivity index (χ1) is 15.2. The lowest BCUT2D eigenvalue weighted by Gasteiger charge is -2.16. The Bertz CT molecular complexity index is 1290. The number of nitrogens with two attached hydrogens (primary N) is 1. The minimum Gasteiger partial charge on any atom is -0.493 e. The first kappa shape index (κ1) is 22.2. The number of hydrogen-bond acceptors (Lipinski definition) is 9. The molecule has 3 aromatic rings.